The molecular weight excluding hydrogens is 452 g/mol. The van der Waals surface area contributed by atoms with E-state index in [9.17, 15) is 15.0 Å². The van der Waals surface area contributed by atoms with Crippen molar-refractivity contribution in [2.24, 2.45) is 0 Å². The Morgan fingerprint density at radius 3 is 1.56 bits per heavy atom. The standard InChI is InChI=1S/C31H26O5/c32-27-15-13-23(19-25(27)21-9-3-1-4-10-21)30(17-7-8-18-31(30)35-29(34)36-31)24-14-16-28(33)26(20-24)22-11-5-2-6-12-22/h1-6,9-16,19-20,32-33H,7-8,17-18H2. The molecule has 1 saturated heterocycles. The van der Waals surface area contributed by atoms with Crippen molar-refractivity contribution >= 4 is 6.16 Å². The van der Waals surface area contributed by atoms with Crippen molar-refractivity contribution in [3.63, 3.8) is 0 Å². The van der Waals surface area contributed by atoms with Gasteiger partial charge in [-0.25, -0.2) is 4.79 Å². The van der Waals surface area contributed by atoms with Crippen molar-refractivity contribution in [2.45, 2.75) is 36.9 Å². The fourth-order valence-electron chi connectivity index (χ4n) is 5.90. The van der Waals surface area contributed by atoms with Crippen molar-refractivity contribution in [1.82, 2.24) is 0 Å². The zero-order chi connectivity index (χ0) is 24.8. The molecule has 36 heavy (non-hydrogen) atoms. The monoisotopic (exact) mass is 478 g/mol. The van der Waals surface area contributed by atoms with Crippen molar-refractivity contribution in [2.75, 3.05) is 0 Å². The Morgan fingerprint density at radius 2 is 1.08 bits per heavy atom. The van der Waals surface area contributed by atoms with Gasteiger partial charge in [-0.3, -0.25) is 0 Å². The van der Waals surface area contributed by atoms with Crippen molar-refractivity contribution in [3.8, 4) is 33.8 Å². The van der Waals surface area contributed by atoms with Crippen LogP contribution in [0.25, 0.3) is 22.3 Å². The van der Waals surface area contributed by atoms with E-state index in [0.717, 1.165) is 35.1 Å². The van der Waals surface area contributed by atoms with Gasteiger partial charge in [0.2, 0.25) is 0 Å². The quantitative estimate of drug-likeness (QED) is 0.305. The lowest BCUT2D eigenvalue weighted by Gasteiger charge is -2.55. The summed E-state index contributed by atoms with van der Waals surface area (Å²) in [5.41, 5.74) is 4.11. The lowest BCUT2D eigenvalue weighted by atomic mass is 9.60. The summed E-state index contributed by atoms with van der Waals surface area (Å²) < 4.78 is 11.7. The van der Waals surface area contributed by atoms with Gasteiger partial charge >= 0.3 is 6.16 Å². The first-order chi connectivity index (χ1) is 17.5. The molecule has 1 aliphatic heterocycles. The third-order valence-electron chi connectivity index (χ3n) is 7.60. The maximum Gasteiger partial charge on any atom is 0.515 e. The van der Waals surface area contributed by atoms with Crippen LogP contribution in [-0.4, -0.2) is 22.2 Å². The molecule has 2 aliphatic rings. The minimum atomic E-state index is -1.15. The molecule has 4 aromatic carbocycles. The molecule has 6 rings (SSSR count). The molecular formula is C31H26O5. The molecule has 0 bridgehead atoms. The largest absolute Gasteiger partial charge is 0.515 e. The van der Waals surface area contributed by atoms with Gasteiger partial charge in [-0.15, -0.1) is 0 Å². The zero-order valence-electron chi connectivity index (χ0n) is 19.7. The normalized spacial score (nSPS) is 17.6. The van der Waals surface area contributed by atoms with Crippen LogP contribution < -0.4 is 0 Å². The number of phenols is 2. The third-order valence-corrected chi connectivity index (χ3v) is 7.60. The second-order valence-corrected chi connectivity index (χ2v) is 9.52. The number of aromatic hydroxyl groups is 2. The van der Waals surface area contributed by atoms with E-state index < -0.39 is 17.4 Å². The van der Waals surface area contributed by atoms with Gasteiger partial charge in [-0.2, -0.15) is 0 Å². The molecule has 4 aromatic rings. The summed E-state index contributed by atoms with van der Waals surface area (Å²) >= 11 is 0. The fraction of sp³-hybridized carbons (Fsp3) is 0.194. The molecule has 5 heteroatoms. The van der Waals surface area contributed by atoms with Gasteiger partial charge in [-0.1, -0.05) is 79.2 Å². The average molecular weight is 479 g/mol. The fourth-order valence-corrected chi connectivity index (χ4v) is 5.90. The minimum absolute atomic E-state index is 0.173. The Balaban J connectivity index is 1.60. The molecule has 0 atom stereocenters. The Bertz CT molecular complexity index is 1330. The van der Waals surface area contributed by atoms with Crippen LogP contribution in [0.15, 0.2) is 97.1 Å². The molecule has 1 aliphatic carbocycles. The van der Waals surface area contributed by atoms with E-state index in [4.69, 9.17) is 9.47 Å². The Hall–Kier alpha value is -4.25. The summed E-state index contributed by atoms with van der Waals surface area (Å²) in [6.45, 7) is 0. The van der Waals surface area contributed by atoms with E-state index >= 15 is 0 Å². The predicted molar refractivity (Wildman–Crippen MR) is 137 cm³/mol. The smallest absolute Gasteiger partial charge is 0.507 e. The van der Waals surface area contributed by atoms with E-state index in [1.165, 1.54) is 0 Å². The number of carbonyl (C=O) groups excluding carboxylic acids is 1. The summed E-state index contributed by atoms with van der Waals surface area (Å²) in [4.78, 5) is 12.1. The second-order valence-electron chi connectivity index (χ2n) is 9.52. The van der Waals surface area contributed by atoms with Crippen LogP contribution in [0.3, 0.4) is 0 Å². The molecule has 2 fully saturated rings. The van der Waals surface area contributed by atoms with Crippen LogP contribution in [0.5, 0.6) is 11.5 Å². The molecule has 1 spiro atoms. The van der Waals surface area contributed by atoms with Crippen molar-refractivity contribution in [3.05, 3.63) is 108 Å². The molecule has 5 nitrogen and oxygen atoms in total. The predicted octanol–water partition coefficient (Wildman–Crippen LogP) is 7.16. The van der Waals surface area contributed by atoms with Crippen LogP contribution in [0.2, 0.25) is 0 Å². The van der Waals surface area contributed by atoms with Gasteiger partial charge in [0.1, 0.15) is 11.5 Å². The third kappa shape index (κ3) is 3.34. The molecule has 180 valence electrons. The van der Waals surface area contributed by atoms with E-state index in [2.05, 4.69) is 0 Å². The Labute approximate surface area is 209 Å². The second kappa shape index (κ2) is 8.45. The number of hydrogen-bond donors (Lipinski definition) is 2. The topological polar surface area (TPSA) is 76.0 Å². The molecule has 2 N–H and O–H groups in total. The highest BCUT2D eigenvalue weighted by Crippen LogP contribution is 2.58. The van der Waals surface area contributed by atoms with Crippen LogP contribution in [0.1, 0.15) is 36.8 Å². The van der Waals surface area contributed by atoms with Crippen LogP contribution in [-0.2, 0) is 14.9 Å². The van der Waals surface area contributed by atoms with Crippen LogP contribution >= 0.6 is 0 Å². The van der Waals surface area contributed by atoms with Gasteiger partial charge in [0.15, 0.2) is 0 Å². The molecule has 0 radical (unpaired) electrons. The van der Waals surface area contributed by atoms with Crippen LogP contribution in [0, 0.1) is 0 Å². The summed E-state index contributed by atoms with van der Waals surface area (Å²) in [6, 6.07) is 30.5. The highest BCUT2D eigenvalue weighted by atomic mass is 16.9. The highest BCUT2D eigenvalue weighted by Gasteiger charge is 2.66. The van der Waals surface area contributed by atoms with Gasteiger partial charge in [0.25, 0.3) is 5.79 Å². The summed E-state index contributed by atoms with van der Waals surface area (Å²) in [5, 5.41) is 21.5. The Kier molecular flexibility index (Phi) is 5.22. The van der Waals surface area contributed by atoms with E-state index in [1.54, 1.807) is 12.1 Å². The number of benzene rings is 4. The lowest BCUT2D eigenvalue weighted by molar-refractivity contribution is -0.312. The first-order valence-corrected chi connectivity index (χ1v) is 12.2. The highest BCUT2D eigenvalue weighted by molar-refractivity contribution is 5.75. The summed E-state index contributed by atoms with van der Waals surface area (Å²) in [5.74, 6) is -0.808. The summed E-state index contributed by atoms with van der Waals surface area (Å²) in [6.07, 6.45) is 2.33. The SMILES string of the molecule is O=C1OC2(CCCCC2(c2ccc(O)c(-c3ccccc3)c2)c2ccc(O)c(-c3ccccc3)c2)O1. The molecule has 0 unspecified atom stereocenters. The first kappa shape index (κ1) is 22.2. The maximum absolute atomic E-state index is 12.1. The number of carbonyl (C=O) groups is 1. The van der Waals surface area contributed by atoms with Gasteiger partial charge in [0.05, 0.1) is 5.41 Å². The maximum atomic E-state index is 12.1. The molecule has 0 amide bonds. The van der Waals surface area contributed by atoms with Gasteiger partial charge in [0, 0.05) is 17.5 Å². The van der Waals surface area contributed by atoms with Crippen molar-refractivity contribution in [1.29, 1.82) is 0 Å². The first-order valence-electron chi connectivity index (χ1n) is 12.2. The number of rotatable bonds is 4. The van der Waals surface area contributed by atoms with E-state index in [0.29, 0.717) is 24.0 Å². The minimum Gasteiger partial charge on any atom is -0.507 e. The number of ether oxygens (including phenoxy) is 2. The van der Waals surface area contributed by atoms with E-state index in [1.807, 2.05) is 84.9 Å². The van der Waals surface area contributed by atoms with Gasteiger partial charge in [-0.05, 0) is 59.4 Å². The van der Waals surface area contributed by atoms with Crippen molar-refractivity contribution < 1.29 is 24.5 Å². The number of phenolic OH excluding ortho intramolecular Hbond substituents is 2. The Morgan fingerprint density at radius 1 is 0.611 bits per heavy atom. The van der Waals surface area contributed by atoms with Crippen LogP contribution in [0.4, 0.5) is 4.79 Å². The zero-order valence-corrected chi connectivity index (χ0v) is 19.7. The summed E-state index contributed by atoms with van der Waals surface area (Å²) in [7, 11) is 0. The molecule has 1 heterocycles. The average Bonchev–Trinajstić information content (AvgIpc) is 2.90. The van der Waals surface area contributed by atoms with Gasteiger partial charge < -0.3 is 19.7 Å². The van der Waals surface area contributed by atoms with E-state index in [-0.39, 0.29) is 11.5 Å². The number of hydrogen-bond acceptors (Lipinski definition) is 5. The molecule has 0 aromatic heterocycles. The lowest BCUT2D eigenvalue weighted by Crippen LogP contribution is -2.65. The molecule has 1 saturated carbocycles.